The molecule has 1 rings (SSSR count). The second-order valence-electron chi connectivity index (χ2n) is 4.81. The fourth-order valence-electron chi connectivity index (χ4n) is 2.24. The van der Waals surface area contributed by atoms with Crippen LogP contribution in [0.4, 0.5) is 0 Å². The summed E-state index contributed by atoms with van der Waals surface area (Å²) in [5.74, 6) is -1.28. The van der Waals surface area contributed by atoms with Gasteiger partial charge in [-0.15, -0.1) is 0 Å². The Morgan fingerprint density at radius 1 is 1.29 bits per heavy atom. The standard InChI is InChI=1S/C12H22N2O3/c1-2-9(13)10(15)14-12(11(16)17)7-5-3-4-6-8-12/h9H,2-8,13H2,1H3,(H,14,15)(H,16,17)/t9-/m0/s1. The molecule has 0 bridgehead atoms. The van der Waals surface area contributed by atoms with E-state index in [-0.39, 0.29) is 5.91 Å². The van der Waals surface area contributed by atoms with Crippen molar-refractivity contribution in [1.82, 2.24) is 5.32 Å². The first kappa shape index (κ1) is 14.0. The molecule has 5 nitrogen and oxygen atoms in total. The van der Waals surface area contributed by atoms with E-state index in [4.69, 9.17) is 5.73 Å². The second-order valence-corrected chi connectivity index (χ2v) is 4.81. The van der Waals surface area contributed by atoms with E-state index in [1.54, 1.807) is 0 Å². The van der Waals surface area contributed by atoms with Crippen molar-refractivity contribution in [2.45, 2.75) is 63.5 Å². The molecule has 1 atom stereocenters. The Morgan fingerprint density at radius 3 is 2.24 bits per heavy atom. The highest BCUT2D eigenvalue weighted by molar-refractivity contribution is 5.89. The van der Waals surface area contributed by atoms with Crippen LogP contribution in [-0.2, 0) is 9.59 Å². The van der Waals surface area contributed by atoms with Gasteiger partial charge in [-0.3, -0.25) is 4.79 Å². The number of carbonyl (C=O) groups is 2. The number of nitrogens with two attached hydrogens (primary N) is 1. The number of amides is 1. The third-order valence-electron chi connectivity index (χ3n) is 3.51. The monoisotopic (exact) mass is 242 g/mol. The number of hydrogen-bond acceptors (Lipinski definition) is 3. The molecule has 0 radical (unpaired) electrons. The molecule has 0 saturated heterocycles. The molecule has 1 aliphatic rings. The van der Waals surface area contributed by atoms with E-state index in [1.165, 1.54) is 0 Å². The Morgan fingerprint density at radius 2 is 1.82 bits per heavy atom. The summed E-state index contributed by atoms with van der Waals surface area (Å²) in [5.41, 5.74) is 4.53. The van der Waals surface area contributed by atoms with E-state index in [2.05, 4.69) is 5.32 Å². The normalized spacial score (nSPS) is 21.3. The van der Waals surface area contributed by atoms with Gasteiger partial charge in [0.05, 0.1) is 6.04 Å². The second kappa shape index (κ2) is 6.00. The van der Waals surface area contributed by atoms with Gasteiger partial charge in [0.2, 0.25) is 5.91 Å². The van der Waals surface area contributed by atoms with Gasteiger partial charge in [-0.1, -0.05) is 32.6 Å². The lowest BCUT2D eigenvalue weighted by Gasteiger charge is -2.30. The molecule has 0 aromatic carbocycles. The van der Waals surface area contributed by atoms with Gasteiger partial charge < -0.3 is 16.2 Å². The predicted molar refractivity (Wildman–Crippen MR) is 64.5 cm³/mol. The summed E-state index contributed by atoms with van der Waals surface area (Å²) < 4.78 is 0. The molecule has 1 amide bonds. The minimum atomic E-state index is -1.10. The number of hydrogen-bond donors (Lipinski definition) is 3. The Balaban J connectivity index is 2.77. The Bertz CT molecular complexity index is 283. The van der Waals surface area contributed by atoms with Gasteiger partial charge in [0.15, 0.2) is 0 Å². The fraction of sp³-hybridized carbons (Fsp3) is 0.833. The van der Waals surface area contributed by atoms with Gasteiger partial charge in [-0.05, 0) is 19.3 Å². The van der Waals surface area contributed by atoms with Crippen LogP contribution in [0.5, 0.6) is 0 Å². The van der Waals surface area contributed by atoms with Crippen molar-refractivity contribution >= 4 is 11.9 Å². The molecule has 0 heterocycles. The van der Waals surface area contributed by atoms with Crippen LogP contribution in [0.2, 0.25) is 0 Å². The van der Waals surface area contributed by atoms with Crippen molar-refractivity contribution in [2.24, 2.45) is 5.73 Å². The summed E-state index contributed by atoms with van der Waals surface area (Å²) in [6, 6.07) is -0.616. The van der Waals surface area contributed by atoms with Crippen molar-refractivity contribution in [3.8, 4) is 0 Å². The van der Waals surface area contributed by atoms with Crippen molar-refractivity contribution in [1.29, 1.82) is 0 Å². The molecule has 5 heteroatoms. The first-order valence-electron chi connectivity index (χ1n) is 6.33. The number of carboxylic acids is 1. The first-order valence-corrected chi connectivity index (χ1v) is 6.33. The van der Waals surface area contributed by atoms with E-state index in [0.29, 0.717) is 19.3 Å². The molecular weight excluding hydrogens is 220 g/mol. The van der Waals surface area contributed by atoms with Crippen molar-refractivity contribution in [3.05, 3.63) is 0 Å². The molecule has 4 N–H and O–H groups in total. The van der Waals surface area contributed by atoms with Crippen molar-refractivity contribution < 1.29 is 14.7 Å². The first-order chi connectivity index (χ1) is 8.02. The molecular formula is C12H22N2O3. The van der Waals surface area contributed by atoms with Gasteiger partial charge in [-0.2, -0.15) is 0 Å². The van der Waals surface area contributed by atoms with Gasteiger partial charge in [0.25, 0.3) is 0 Å². The maximum Gasteiger partial charge on any atom is 0.329 e. The molecule has 1 fully saturated rings. The SMILES string of the molecule is CC[C@H](N)C(=O)NC1(C(=O)O)CCCCCC1. The summed E-state index contributed by atoms with van der Waals surface area (Å²) in [6.07, 6.45) is 5.27. The van der Waals surface area contributed by atoms with Gasteiger partial charge in [0.1, 0.15) is 5.54 Å². The average molecular weight is 242 g/mol. The summed E-state index contributed by atoms with van der Waals surface area (Å²) in [5, 5.41) is 12.0. The molecule has 0 spiro atoms. The van der Waals surface area contributed by atoms with Gasteiger partial charge in [0, 0.05) is 0 Å². The lowest BCUT2D eigenvalue weighted by molar-refractivity contribution is -0.148. The topological polar surface area (TPSA) is 92.4 Å². The van der Waals surface area contributed by atoms with Crippen LogP contribution >= 0.6 is 0 Å². The average Bonchev–Trinajstić information content (AvgIpc) is 2.54. The van der Waals surface area contributed by atoms with Gasteiger partial charge >= 0.3 is 5.97 Å². The molecule has 1 aliphatic carbocycles. The molecule has 0 aromatic rings. The number of carboxylic acid groups (broad SMARTS) is 1. The van der Waals surface area contributed by atoms with Crippen LogP contribution in [0.3, 0.4) is 0 Å². The van der Waals surface area contributed by atoms with E-state index < -0.39 is 17.6 Å². The molecule has 0 aromatic heterocycles. The number of aliphatic carboxylic acids is 1. The molecule has 0 unspecified atom stereocenters. The predicted octanol–water partition coefficient (Wildman–Crippen LogP) is 1.02. The molecule has 0 aliphatic heterocycles. The summed E-state index contributed by atoms with van der Waals surface area (Å²) in [6.45, 7) is 1.81. The minimum Gasteiger partial charge on any atom is -0.480 e. The van der Waals surface area contributed by atoms with Crippen LogP contribution in [0, 0.1) is 0 Å². The zero-order valence-electron chi connectivity index (χ0n) is 10.4. The van der Waals surface area contributed by atoms with E-state index in [9.17, 15) is 14.7 Å². The smallest absolute Gasteiger partial charge is 0.329 e. The summed E-state index contributed by atoms with van der Waals surface area (Å²) in [7, 11) is 0. The zero-order chi connectivity index (χ0) is 12.9. The Labute approximate surface area is 102 Å². The van der Waals surface area contributed by atoms with E-state index >= 15 is 0 Å². The molecule has 17 heavy (non-hydrogen) atoms. The quantitative estimate of drug-likeness (QED) is 0.642. The van der Waals surface area contributed by atoms with Crippen LogP contribution in [0.1, 0.15) is 51.9 Å². The lowest BCUT2D eigenvalue weighted by Crippen LogP contribution is -2.57. The van der Waals surface area contributed by atoms with E-state index in [1.807, 2.05) is 6.92 Å². The van der Waals surface area contributed by atoms with Crippen molar-refractivity contribution in [2.75, 3.05) is 0 Å². The fourth-order valence-corrected chi connectivity index (χ4v) is 2.24. The van der Waals surface area contributed by atoms with Gasteiger partial charge in [-0.25, -0.2) is 4.79 Å². The highest BCUT2D eigenvalue weighted by Crippen LogP contribution is 2.27. The third kappa shape index (κ3) is 3.43. The highest BCUT2D eigenvalue weighted by atomic mass is 16.4. The van der Waals surface area contributed by atoms with Crippen LogP contribution in [-0.4, -0.2) is 28.6 Å². The number of nitrogens with one attached hydrogen (secondary N) is 1. The third-order valence-corrected chi connectivity index (χ3v) is 3.51. The van der Waals surface area contributed by atoms with Crippen LogP contribution in [0.25, 0.3) is 0 Å². The van der Waals surface area contributed by atoms with Crippen LogP contribution < -0.4 is 11.1 Å². The maximum atomic E-state index is 11.8. The Kier molecular flexibility index (Phi) is 4.93. The molecule has 1 saturated carbocycles. The zero-order valence-corrected chi connectivity index (χ0v) is 10.4. The lowest BCUT2D eigenvalue weighted by atomic mass is 9.89. The van der Waals surface area contributed by atoms with Crippen molar-refractivity contribution in [3.63, 3.8) is 0 Å². The highest BCUT2D eigenvalue weighted by Gasteiger charge is 2.40. The largest absolute Gasteiger partial charge is 0.480 e. The number of carbonyl (C=O) groups excluding carboxylic acids is 1. The Hall–Kier alpha value is -1.10. The maximum absolute atomic E-state index is 11.8. The number of rotatable bonds is 4. The molecule has 98 valence electrons. The van der Waals surface area contributed by atoms with Crippen LogP contribution in [0.15, 0.2) is 0 Å². The van der Waals surface area contributed by atoms with E-state index in [0.717, 1.165) is 25.7 Å². The minimum absolute atomic E-state index is 0.350. The summed E-state index contributed by atoms with van der Waals surface area (Å²) >= 11 is 0. The summed E-state index contributed by atoms with van der Waals surface area (Å²) in [4.78, 5) is 23.2.